The quantitative estimate of drug-likeness (QED) is 0.224. The number of phenols is 1. The van der Waals surface area contributed by atoms with Crippen molar-refractivity contribution < 1.29 is 30.9 Å². The van der Waals surface area contributed by atoms with Crippen molar-refractivity contribution >= 4 is 32.7 Å². The standard InChI is InChI=1S/C28H20N3O2.Pt/c1-17-13-14-29-25(15-17)31-23-16-20(10-11-21(23)22-7-3-5-18(2)28(22)31)33-26-12-9-19-6-4-8-24(32)27(19)30-26;/h3-15,32H,1-2H3;/q-1;. The van der Waals surface area contributed by atoms with Crippen LogP contribution in [-0.2, 0) is 21.1 Å². The van der Waals surface area contributed by atoms with Gasteiger partial charge in [-0.05, 0) is 54.6 Å². The summed E-state index contributed by atoms with van der Waals surface area (Å²) < 4.78 is 8.22. The summed E-state index contributed by atoms with van der Waals surface area (Å²) in [5, 5.41) is 13.2. The monoisotopic (exact) mass is 625 g/mol. The first-order valence-electron chi connectivity index (χ1n) is 10.7. The van der Waals surface area contributed by atoms with E-state index >= 15 is 0 Å². The molecule has 6 rings (SSSR count). The van der Waals surface area contributed by atoms with Crippen molar-refractivity contribution in [2.45, 2.75) is 13.8 Å². The summed E-state index contributed by atoms with van der Waals surface area (Å²) in [6.45, 7) is 4.17. The van der Waals surface area contributed by atoms with Crippen LogP contribution in [0.4, 0.5) is 0 Å². The van der Waals surface area contributed by atoms with Crippen molar-refractivity contribution in [2.75, 3.05) is 0 Å². The zero-order chi connectivity index (χ0) is 22.5. The zero-order valence-electron chi connectivity index (χ0n) is 18.5. The number of ether oxygens (including phenoxy) is 1. The van der Waals surface area contributed by atoms with Crippen LogP contribution in [0, 0.1) is 19.9 Å². The summed E-state index contributed by atoms with van der Waals surface area (Å²) in [5.41, 5.74) is 4.79. The Kier molecular flexibility index (Phi) is 5.58. The summed E-state index contributed by atoms with van der Waals surface area (Å²) in [5.74, 6) is 1.90. The number of hydrogen-bond donors (Lipinski definition) is 1. The van der Waals surface area contributed by atoms with Crippen LogP contribution in [-0.4, -0.2) is 19.6 Å². The largest absolute Gasteiger partial charge is 0.506 e. The summed E-state index contributed by atoms with van der Waals surface area (Å²) >= 11 is 0. The van der Waals surface area contributed by atoms with Crippen LogP contribution in [0.2, 0.25) is 0 Å². The van der Waals surface area contributed by atoms with Crippen LogP contribution in [0.3, 0.4) is 0 Å². The summed E-state index contributed by atoms with van der Waals surface area (Å²) in [4.78, 5) is 9.13. The number of aromatic nitrogens is 3. The zero-order valence-corrected chi connectivity index (χ0v) is 20.8. The Labute approximate surface area is 210 Å². The van der Waals surface area contributed by atoms with Gasteiger partial charge in [0, 0.05) is 50.0 Å². The first-order valence-corrected chi connectivity index (χ1v) is 10.7. The number of para-hydroxylation sites is 2. The van der Waals surface area contributed by atoms with E-state index in [1.165, 1.54) is 0 Å². The summed E-state index contributed by atoms with van der Waals surface area (Å²) in [6.07, 6.45) is 1.83. The third-order valence-electron chi connectivity index (χ3n) is 5.89. The van der Waals surface area contributed by atoms with Crippen molar-refractivity contribution in [3.05, 3.63) is 96.2 Å². The minimum Gasteiger partial charge on any atom is -0.506 e. The van der Waals surface area contributed by atoms with Crippen LogP contribution < -0.4 is 4.74 Å². The number of benzene rings is 3. The van der Waals surface area contributed by atoms with Crippen LogP contribution in [0.1, 0.15) is 11.1 Å². The van der Waals surface area contributed by atoms with Gasteiger partial charge in [0.05, 0.1) is 0 Å². The van der Waals surface area contributed by atoms with Gasteiger partial charge in [-0.2, -0.15) is 6.07 Å². The van der Waals surface area contributed by atoms with Crippen LogP contribution >= 0.6 is 0 Å². The molecule has 6 aromatic rings. The number of nitrogens with zero attached hydrogens (tertiary/aromatic N) is 3. The minimum absolute atomic E-state index is 0. The fourth-order valence-electron chi connectivity index (χ4n) is 4.36. The Morgan fingerprint density at radius 3 is 2.62 bits per heavy atom. The van der Waals surface area contributed by atoms with Crippen LogP contribution in [0.5, 0.6) is 17.4 Å². The van der Waals surface area contributed by atoms with Gasteiger partial charge in [-0.1, -0.05) is 35.8 Å². The van der Waals surface area contributed by atoms with E-state index in [-0.39, 0.29) is 26.8 Å². The average molecular weight is 626 g/mol. The van der Waals surface area contributed by atoms with Crippen molar-refractivity contribution in [1.82, 2.24) is 14.5 Å². The topological polar surface area (TPSA) is 60.2 Å². The smallest absolute Gasteiger partial charge is 0.217 e. The molecule has 6 heteroatoms. The molecule has 5 nitrogen and oxygen atoms in total. The molecule has 3 aromatic carbocycles. The second-order valence-corrected chi connectivity index (χ2v) is 8.18. The van der Waals surface area contributed by atoms with E-state index in [0.717, 1.165) is 44.1 Å². The predicted molar refractivity (Wildman–Crippen MR) is 130 cm³/mol. The summed E-state index contributed by atoms with van der Waals surface area (Å²) in [6, 6.07) is 26.7. The number of rotatable bonds is 3. The maximum absolute atomic E-state index is 10.2. The van der Waals surface area contributed by atoms with E-state index in [2.05, 4.69) is 58.7 Å². The third kappa shape index (κ3) is 3.63. The van der Waals surface area contributed by atoms with E-state index in [1.54, 1.807) is 18.2 Å². The second-order valence-electron chi connectivity index (χ2n) is 8.18. The molecule has 0 saturated heterocycles. The molecule has 0 unspecified atom stereocenters. The maximum atomic E-state index is 10.2. The molecule has 0 bridgehead atoms. The molecule has 0 spiro atoms. The fraction of sp³-hybridized carbons (Fsp3) is 0.0714. The Balaban J connectivity index is 0.00000241. The van der Waals surface area contributed by atoms with Crippen LogP contribution in [0.15, 0.2) is 79.0 Å². The molecular formula is C28H20N3O2Pt-. The number of aromatic hydroxyl groups is 1. The van der Waals surface area contributed by atoms with Gasteiger partial charge >= 0.3 is 0 Å². The molecule has 0 aliphatic carbocycles. The van der Waals surface area contributed by atoms with Gasteiger partial charge in [-0.3, -0.25) is 0 Å². The summed E-state index contributed by atoms with van der Waals surface area (Å²) in [7, 11) is 0. The number of fused-ring (bicyclic) bond motifs is 4. The predicted octanol–water partition coefficient (Wildman–Crippen LogP) is 6.64. The fourth-order valence-corrected chi connectivity index (χ4v) is 4.36. The van der Waals surface area contributed by atoms with Crippen molar-refractivity contribution in [2.24, 2.45) is 0 Å². The van der Waals surface area contributed by atoms with Gasteiger partial charge in [0.1, 0.15) is 17.1 Å². The molecule has 0 fully saturated rings. The Hall–Kier alpha value is -3.69. The average Bonchev–Trinajstić information content (AvgIpc) is 3.15. The third-order valence-corrected chi connectivity index (χ3v) is 5.89. The number of pyridine rings is 2. The number of aryl methyl sites for hydroxylation is 2. The molecule has 1 N–H and O–H groups in total. The second kappa shape index (κ2) is 8.58. The molecule has 0 amide bonds. The molecule has 170 valence electrons. The van der Waals surface area contributed by atoms with Crippen molar-refractivity contribution in [3.63, 3.8) is 0 Å². The Morgan fingerprint density at radius 1 is 0.912 bits per heavy atom. The van der Waals surface area contributed by atoms with E-state index in [4.69, 9.17) is 4.74 Å². The van der Waals surface area contributed by atoms with Gasteiger partial charge in [-0.15, -0.1) is 17.5 Å². The van der Waals surface area contributed by atoms with Gasteiger partial charge in [0.15, 0.2) is 0 Å². The first-order chi connectivity index (χ1) is 16.1. The SMILES string of the molecule is Cc1ccnc(-n2c3[c-]c(Oc4ccc5cccc(O)c5n4)ccc3c3cccc(C)c32)c1.[Pt]. The van der Waals surface area contributed by atoms with E-state index in [0.29, 0.717) is 17.1 Å². The Morgan fingerprint density at radius 2 is 1.76 bits per heavy atom. The number of phenolic OH excluding ortho intramolecular Hbond substituents is 1. The van der Waals surface area contributed by atoms with Gasteiger partial charge in [0.25, 0.3) is 0 Å². The molecular weight excluding hydrogens is 605 g/mol. The molecule has 0 aliphatic rings. The molecule has 0 saturated carbocycles. The van der Waals surface area contributed by atoms with Crippen LogP contribution in [0.25, 0.3) is 38.5 Å². The van der Waals surface area contributed by atoms with Crippen molar-refractivity contribution in [3.8, 4) is 23.2 Å². The molecule has 0 aliphatic heterocycles. The Bertz CT molecular complexity index is 1690. The maximum Gasteiger partial charge on any atom is 0.217 e. The van der Waals surface area contributed by atoms with Gasteiger partial charge in [0.2, 0.25) is 5.88 Å². The number of hydrogen-bond acceptors (Lipinski definition) is 4. The molecule has 0 atom stereocenters. The van der Waals surface area contributed by atoms with E-state index in [1.807, 2.05) is 36.5 Å². The molecule has 34 heavy (non-hydrogen) atoms. The van der Waals surface area contributed by atoms with E-state index in [9.17, 15) is 5.11 Å². The first kappa shape index (κ1) is 22.1. The normalized spacial score (nSPS) is 11.1. The molecule has 3 heterocycles. The van der Waals surface area contributed by atoms with E-state index < -0.39 is 0 Å². The van der Waals surface area contributed by atoms with Gasteiger partial charge < -0.3 is 14.4 Å². The van der Waals surface area contributed by atoms with Gasteiger partial charge in [-0.25, -0.2) is 9.97 Å². The van der Waals surface area contributed by atoms with Crippen molar-refractivity contribution in [1.29, 1.82) is 0 Å². The molecule has 3 aromatic heterocycles. The molecule has 0 radical (unpaired) electrons. The minimum atomic E-state index is 0.